The van der Waals surface area contributed by atoms with Gasteiger partial charge in [-0.05, 0) is 19.8 Å². The molecule has 0 aliphatic heterocycles. The van der Waals surface area contributed by atoms with E-state index >= 15 is 0 Å². The number of nitrogens with zero attached hydrogens (tertiary/aromatic N) is 3. The molecule has 1 heterocycles. The molecule has 1 fully saturated rings. The summed E-state index contributed by atoms with van der Waals surface area (Å²) in [5, 5.41) is 11.8. The number of hydrogen-bond donors (Lipinski definition) is 1. The van der Waals surface area contributed by atoms with E-state index in [1.165, 1.54) is 25.7 Å². The zero-order chi connectivity index (χ0) is 12.1. The van der Waals surface area contributed by atoms with Crippen LogP contribution in [0.1, 0.15) is 43.4 Å². The first-order valence-corrected chi connectivity index (χ1v) is 6.43. The zero-order valence-electron chi connectivity index (χ0n) is 10.8. The minimum Gasteiger partial charge on any atom is -0.383 e. The highest BCUT2D eigenvalue weighted by molar-refractivity contribution is 4.98. The highest BCUT2D eigenvalue weighted by Gasteiger charge is 2.21. The van der Waals surface area contributed by atoms with Crippen LogP contribution in [-0.4, -0.2) is 35.0 Å². The summed E-state index contributed by atoms with van der Waals surface area (Å²) in [6.45, 7) is 4.41. The molecule has 5 nitrogen and oxygen atoms in total. The van der Waals surface area contributed by atoms with Gasteiger partial charge in [-0.3, -0.25) is 0 Å². The molecule has 0 aromatic carbocycles. The summed E-state index contributed by atoms with van der Waals surface area (Å²) < 4.78 is 7.32. The van der Waals surface area contributed by atoms with Gasteiger partial charge in [0.25, 0.3) is 0 Å². The van der Waals surface area contributed by atoms with Crippen molar-refractivity contribution in [3.05, 3.63) is 11.6 Å². The van der Waals surface area contributed by atoms with Crippen LogP contribution in [0.4, 0.5) is 0 Å². The Balaban J connectivity index is 1.96. The van der Waals surface area contributed by atoms with Crippen molar-refractivity contribution < 1.29 is 4.74 Å². The third-order valence-corrected chi connectivity index (χ3v) is 3.39. The van der Waals surface area contributed by atoms with Crippen molar-refractivity contribution in [3.8, 4) is 0 Å². The maximum Gasteiger partial charge on any atom is 0.147 e. The summed E-state index contributed by atoms with van der Waals surface area (Å²) >= 11 is 0. The van der Waals surface area contributed by atoms with Crippen LogP contribution < -0.4 is 5.32 Å². The van der Waals surface area contributed by atoms with E-state index in [4.69, 9.17) is 4.74 Å². The Hall–Kier alpha value is -0.940. The molecule has 96 valence electrons. The van der Waals surface area contributed by atoms with Crippen molar-refractivity contribution in [2.24, 2.45) is 0 Å². The lowest BCUT2D eigenvalue weighted by molar-refractivity contribution is 0.198. The molecular weight excluding hydrogens is 216 g/mol. The van der Waals surface area contributed by atoms with Gasteiger partial charge in [-0.25, -0.2) is 0 Å². The van der Waals surface area contributed by atoms with Crippen LogP contribution in [0, 0.1) is 6.92 Å². The van der Waals surface area contributed by atoms with Crippen molar-refractivity contribution >= 4 is 0 Å². The predicted molar refractivity (Wildman–Crippen MR) is 65.8 cm³/mol. The number of aromatic nitrogens is 3. The molecule has 17 heavy (non-hydrogen) atoms. The molecule has 2 rings (SSSR count). The van der Waals surface area contributed by atoms with Crippen molar-refractivity contribution in [2.75, 3.05) is 20.3 Å². The fourth-order valence-electron chi connectivity index (χ4n) is 2.55. The van der Waals surface area contributed by atoms with Gasteiger partial charge in [-0.1, -0.05) is 12.8 Å². The highest BCUT2D eigenvalue weighted by Crippen LogP contribution is 2.30. The van der Waals surface area contributed by atoms with E-state index in [0.717, 1.165) is 31.3 Å². The van der Waals surface area contributed by atoms with E-state index in [-0.39, 0.29) is 0 Å². The Bertz CT molecular complexity index is 344. The molecule has 1 aliphatic carbocycles. The summed E-state index contributed by atoms with van der Waals surface area (Å²) in [5.74, 6) is 2.10. The maximum atomic E-state index is 5.01. The predicted octanol–water partition coefficient (Wildman–Crippen LogP) is 1.44. The molecule has 5 heteroatoms. The largest absolute Gasteiger partial charge is 0.383 e. The minimum atomic E-state index is 0.615. The molecule has 1 saturated carbocycles. The Labute approximate surface area is 103 Å². The van der Waals surface area contributed by atoms with Gasteiger partial charge in [-0.2, -0.15) is 0 Å². The lowest BCUT2D eigenvalue weighted by atomic mass is 10.2. The second-order valence-electron chi connectivity index (χ2n) is 4.64. The van der Waals surface area contributed by atoms with Gasteiger partial charge in [0.2, 0.25) is 0 Å². The van der Waals surface area contributed by atoms with Gasteiger partial charge in [-0.15, -0.1) is 10.2 Å². The van der Waals surface area contributed by atoms with E-state index in [0.29, 0.717) is 6.04 Å². The van der Waals surface area contributed by atoms with Crippen LogP contribution in [0.15, 0.2) is 0 Å². The summed E-state index contributed by atoms with van der Waals surface area (Å²) in [6.07, 6.45) is 5.20. The molecular formula is C12H22N4O. The van der Waals surface area contributed by atoms with Crippen molar-refractivity contribution in [1.29, 1.82) is 0 Å². The first-order chi connectivity index (χ1) is 8.33. The summed E-state index contributed by atoms with van der Waals surface area (Å²) in [6, 6.07) is 0.615. The van der Waals surface area contributed by atoms with Gasteiger partial charge < -0.3 is 14.6 Å². The SMILES string of the molecule is COCCNCc1nnc(C)n1C1CCCC1. The number of rotatable bonds is 6. The highest BCUT2D eigenvalue weighted by atomic mass is 16.5. The monoisotopic (exact) mass is 238 g/mol. The third-order valence-electron chi connectivity index (χ3n) is 3.39. The summed E-state index contributed by atoms with van der Waals surface area (Å²) in [4.78, 5) is 0. The van der Waals surface area contributed by atoms with E-state index in [2.05, 4.69) is 20.1 Å². The average Bonchev–Trinajstić information content (AvgIpc) is 2.94. The van der Waals surface area contributed by atoms with Crippen LogP contribution >= 0.6 is 0 Å². The van der Waals surface area contributed by atoms with Gasteiger partial charge >= 0.3 is 0 Å². The molecule has 1 aliphatic rings. The first kappa shape index (κ1) is 12.5. The Kier molecular flexibility index (Phi) is 4.50. The van der Waals surface area contributed by atoms with Gasteiger partial charge in [0.05, 0.1) is 13.2 Å². The number of aryl methyl sites for hydroxylation is 1. The molecule has 0 radical (unpaired) electrons. The van der Waals surface area contributed by atoms with Crippen LogP contribution in [0.25, 0.3) is 0 Å². The number of hydrogen-bond acceptors (Lipinski definition) is 4. The standard InChI is InChI=1S/C12H22N4O/c1-10-14-15-12(9-13-7-8-17-2)16(10)11-5-3-4-6-11/h11,13H,3-9H2,1-2H3. The first-order valence-electron chi connectivity index (χ1n) is 6.43. The lowest BCUT2D eigenvalue weighted by Crippen LogP contribution is -2.22. The molecule has 0 unspecified atom stereocenters. The Morgan fingerprint density at radius 1 is 1.35 bits per heavy atom. The molecule has 0 atom stereocenters. The molecule has 0 bridgehead atoms. The van der Waals surface area contributed by atoms with Crippen LogP contribution in [-0.2, 0) is 11.3 Å². The summed E-state index contributed by atoms with van der Waals surface area (Å²) in [5.41, 5.74) is 0. The second-order valence-corrected chi connectivity index (χ2v) is 4.64. The Morgan fingerprint density at radius 3 is 2.82 bits per heavy atom. The van der Waals surface area contributed by atoms with Gasteiger partial charge in [0.1, 0.15) is 11.6 Å². The van der Waals surface area contributed by atoms with Crippen LogP contribution in [0.2, 0.25) is 0 Å². The fourth-order valence-corrected chi connectivity index (χ4v) is 2.55. The summed E-state index contributed by atoms with van der Waals surface area (Å²) in [7, 11) is 1.72. The van der Waals surface area contributed by atoms with Crippen molar-refractivity contribution in [3.63, 3.8) is 0 Å². The number of ether oxygens (including phenoxy) is 1. The topological polar surface area (TPSA) is 52.0 Å². The molecule has 1 N–H and O–H groups in total. The zero-order valence-corrected chi connectivity index (χ0v) is 10.8. The van der Waals surface area contributed by atoms with Crippen molar-refractivity contribution in [2.45, 2.75) is 45.2 Å². The normalized spacial score (nSPS) is 16.8. The lowest BCUT2D eigenvalue weighted by Gasteiger charge is -2.15. The number of nitrogens with one attached hydrogen (secondary N) is 1. The van der Waals surface area contributed by atoms with Crippen molar-refractivity contribution in [1.82, 2.24) is 20.1 Å². The smallest absolute Gasteiger partial charge is 0.147 e. The Morgan fingerprint density at radius 2 is 2.12 bits per heavy atom. The van der Waals surface area contributed by atoms with E-state index < -0.39 is 0 Å². The third kappa shape index (κ3) is 3.04. The minimum absolute atomic E-state index is 0.615. The number of methoxy groups -OCH3 is 1. The van der Waals surface area contributed by atoms with E-state index in [1.54, 1.807) is 7.11 Å². The van der Waals surface area contributed by atoms with Gasteiger partial charge in [0.15, 0.2) is 0 Å². The van der Waals surface area contributed by atoms with E-state index in [1.807, 2.05) is 6.92 Å². The molecule has 0 spiro atoms. The molecule has 0 saturated heterocycles. The van der Waals surface area contributed by atoms with E-state index in [9.17, 15) is 0 Å². The quantitative estimate of drug-likeness (QED) is 0.762. The molecule has 1 aromatic heterocycles. The maximum absolute atomic E-state index is 5.01. The second kappa shape index (κ2) is 6.12. The molecule has 1 aromatic rings. The average molecular weight is 238 g/mol. The van der Waals surface area contributed by atoms with Crippen LogP contribution in [0.3, 0.4) is 0 Å². The van der Waals surface area contributed by atoms with Gasteiger partial charge in [0, 0.05) is 19.7 Å². The fraction of sp³-hybridized carbons (Fsp3) is 0.833. The van der Waals surface area contributed by atoms with Crippen LogP contribution in [0.5, 0.6) is 0 Å². The molecule has 0 amide bonds.